The number of rotatable bonds is 3. The van der Waals surface area contributed by atoms with Gasteiger partial charge in [0.25, 0.3) is 0 Å². The Labute approximate surface area is 91.1 Å². The molecule has 0 amide bonds. The molecule has 76 valence electrons. The van der Waals surface area contributed by atoms with Gasteiger partial charge in [-0.15, -0.1) is 0 Å². The van der Waals surface area contributed by atoms with Crippen molar-refractivity contribution in [1.82, 2.24) is 0 Å². The molecule has 0 aliphatic carbocycles. The van der Waals surface area contributed by atoms with Crippen molar-refractivity contribution in [2.24, 2.45) is 5.73 Å². The van der Waals surface area contributed by atoms with Crippen molar-refractivity contribution in [3.63, 3.8) is 0 Å². The molecule has 0 spiro atoms. The van der Waals surface area contributed by atoms with Gasteiger partial charge in [0.2, 0.25) is 0 Å². The zero-order chi connectivity index (χ0) is 10.7. The normalized spacial score (nSPS) is 10.2. The molecular weight excluding hydrogens is 246 g/mol. The van der Waals surface area contributed by atoms with E-state index in [4.69, 9.17) is 5.73 Å². The maximum atomic E-state index is 11.4. The van der Waals surface area contributed by atoms with Crippen LogP contribution in [0.15, 0.2) is 16.6 Å². The number of carbonyl (C=O) groups is 1. The molecule has 0 heterocycles. The number of aromatic hydroxyl groups is 1. The van der Waals surface area contributed by atoms with Gasteiger partial charge in [-0.25, -0.2) is 0 Å². The van der Waals surface area contributed by atoms with E-state index in [1.807, 2.05) is 0 Å². The number of hydrogen-bond donors (Lipinski definition) is 2. The number of ketones is 1. The number of benzene rings is 1. The summed E-state index contributed by atoms with van der Waals surface area (Å²) in [6.07, 6.45) is 0.301. The summed E-state index contributed by atoms with van der Waals surface area (Å²) < 4.78 is 0.734. The number of phenolic OH excluding ortho intramolecular Hbond substituents is 1. The second-order valence-electron chi connectivity index (χ2n) is 3.06. The minimum absolute atomic E-state index is 0.0523. The van der Waals surface area contributed by atoms with Crippen LogP contribution in [0.25, 0.3) is 0 Å². The third kappa shape index (κ3) is 2.33. The Hall–Kier alpha value is -0.870. The van der Waals surface area contributed by atoms with E-state index in [0.29, 0.717) is 18.5 Å². The molecule has 1 aromatic carbocycles. The Morgan fingerprint density at radius 2 is 2.21 bits per heavy atom. The van der Waals surface area contributed by atoms with Gasteiger partial charge in [0.1, 0.15) is 5.75 Å². The first-order valence-corrected chi connectivity index (χ1v) is 5.08. The van der Waals surface area contributed by atoms with Crippen molar-refractivity contribution in [1.29, 1.82) is 0 Å². The maximum Gasteiger partial charge on any atom is 0.164 e. The highest BCUT2D eigenvalue weighted by Crippen LogP contribution is 2.27. The van der Waals surface area contributed by atoms with Crippen LogP contribution in [-0.2, 0) is 0 Å². The first-order valence-electron chi connectivity index (χ1n) is 4.28. The highest BCUT2D eigenvalue weighted by molar-refractivity contribution is 9.10. The molecule has 0 radical (unpaired) electrons. The topological polar surface area (TPSA) is 63.3 Å². The second kappa shape index (κ2) is 4.57. The molecule has 14 heavy (non-hydrogen) atoms. The van der Waals surface area contributed by atoms with Crippen molar-refractivity contribution in [2.75, 3.05) is 6.54 Å². The third-order valence-corrected chi connectivity index (χ3v) is 2.83. The third-order valence-electron chi connectivity index (χ3n) is 2.01. The van der Waals surface area contributed by atoms with Gasteiger partial charge in [0, 0.05) is 22.0 Å². The molecule has 0 aromatic heterocycles. The highest BCUT2D eigenvalue weighted by atomic mass is 79.9. The molecule has 3 N–H and O–H groups in total. The molecule has 0 atom stereocenters. The Balaban J connectivity index is 3.06. The Morgan fingerprint density at radius 1 is 1.57 bits per heavy atom. The molecule has 0 fully saturated rings. The van der Waals surface area contributed by atoms with E-state index < -0.39 is 0 Å². The van der Waals surface area contributed by atoms with Crippen molar-refractivity contribution in [3.05, 3.63) is 27.7 Å². The lowest BCUT2D eigenvalue weighted by molar-refractivity contribution is 0.0985. The molecule has 1 rings (SSSR count). The second-order valence-corrected chi connectivity index (χ2v) is 3.92. The van der Waals surface area contributed by atoms with Gasteiger partial charge < -0.3 is 10.8 Å². The number of halogens is 1. The molecule has 0 saturated carbocycles. The summed E-state index contributed by atoms with van der Waals surface area (Å²) in [4.78, 5) is 11.4. The number of phenols is 1. The first kappa shape index (κ1) is 11.2. The van der Waals surface area contributed by atoms with Crippen LogP contribution in [0.2, 0.25) is 0 Å². The van der Waals surface area contributed by atoms with Crippen LogP contribution in [-0.4, -0.2) is 17.4 Å². The zero-order valence-electron chi connectivity index (χ0n) is 7.88. The fourth-order valence-electron chi connectivity index (χ4n) is 1.10. The average Bonchev–Trinajstić information content (AvgIpc) is 2.13. The standard InChI is InChI=1S/C10H12BrNO2/c1-6-8(11)4-7(5-10(6)14)9(13)2-3-12/h4-5,14H,2-3,12H2,1H3. The van der Waals surface area contributed by atoms with E-state index in [9.17, 15) is 9.90 Å². The van der Waals surface area contributed by atoms with Gasteiger partial charge >= 0.3 is 0 Å². The monoisotopic (exact) mass is 257 g/mol. The van der Waals surface area contributed by atoms with Crippen LogP contribution in [0.4, 0.5) is 0 Å². The summed E-state index contributed by atoms with van der Waals surface area (Å²) in [5.74, 6) is 0.0725. The van der Waals surface area contributed by atoms with Gasteiger partial charge in [-0.05, 0) is 25.6 Å². The largest absolute Gasteiger partial charge is 0.508 e. The lowest BCUT2D eigenvalue weighted by Gasteiger charge is -2.05. The molecule has 0 aliphatic heterocycles. The predicted octanol–water partition coefficient (Wildman–Crippen LogP) is 1.99. The van der Waals surface area contributed by atoms with E-state index in [2.05, 4.69) is 15.9 Å². The smallest absolute Gasteiger partial charge is 0.164 e. The van der Waals surface area contributed by atoms with Crippen LogP contribution in [0.5, 0.6) is 5.75 Å². The summed E-state index contributed by atoms with van der Waals surface area (Å²) in [5, 5.41) is 9.48. The highest BCUT2D eigenvalue weighted by Gasteiger charge is 2.09. The van der Waals surface area contributed by atoms with Crippen molar-refractivity contribution >= 4 is 21.7 Å². The molecule has 4 heteroatoms. The van der Waals surface area contributed by atoms with Gasteiger partial charge in [0.05, 0.1) is 0 Å². The summed E-state index contributed by atoms with van der Waals surface area (Å²) in [7, 11) is 0. The Bertz CT molecular complexity index is 340. The van der Waals surface area contributed by atoms with E-state index in [1.165, 1.54) is 6.07 Å². The Morgan fingerprint density at radius 3 is 2.71 bits per heavy atom. The number of carbonyl (C=O) groups excluding carboxylic acids is 1. The zero-order valence-corrected chi connectivity index (χ0v) is 9.47. The van der Waals surface area contributed by atoms with Crippen molar-refractivity contribution in [3.8, 4) is 5.75 Å². The number of nitrogens with two attached hydrogens (primary N) is 1. The maximum absolute atomic E-state index is 11.4. The fraction of sp³-hybridized carbons (Fsp3) is 0.300. The summed E-state index contributed by atoms with van der Waals surface area (Å²) in [5.41, 5.74) is 6.50. The first-order chi connectivity index (χ1) is 6.56. The molecule has 0 bridgehead atoms. The average molecular weight is 258 g/mol. The molecule has 0 saturated heterocycles. The summed E-state index contributed by atoms with van der Waals surface area (Å²) >= 11 is 3.27. The molecule has 1 aromatic rings. The van der Waals surface area contributed by atoms with E-state index >= 15 is 0 Å². The Kier molecular flexibility index (Phi) is 3.66. The minimum atomic E-state index is -0.0523. The predicted molar refractivity (Wildman–Crippen MR) is 58.5 cm³/mol. The van der Waals surface area contributed by atoms with Gasteiger partial charge in [0.15, 0.2) is 5.78 Å². The SMILES string of the molecule is Cc1c(O)cc(C(=O)CCN)cc1Br. The molecule has 0 aliphatic rings. The van der Waals surface area contributed by atoms with E-state index in [0.717, 1.165) is 10.0 Å². The summed E-state index contributed by atoms with van der Waals surface area (Å²) in [6.45, 7) is 2.10. The number of hydrogen-bond acceptors (Lipinski definition) is 3. The van der Waals surface area contributed by atoms with E-state index in [1.54, 1.807) is 13.0 Å². The van der Waals surface area contributed by atoms with Crippen LogP contribution >= 0.6 is 15.9 Å². The van der Waals surface area contributed by atoms with Crippen molar-refractivity contribution < 1.29 is 9.90 Å². The van der Waals surface area contributed by atoms with Crippen molar-refractivity contribution in [2.45, 2.75) is 13.3 Å². The van der Waals surface area contributed by atoms with Crippen LogP contribution in [0, 0.1) is 6.92 Å². The molecular formula is C10H12BrNO2. The van der Waals surface area contributed by atoms with Gasteiger partial charge in [-0.2, -0.15) is 0 Å². The van der Waals surface area contributed by atoms with Gasteiger partial charge in [-0.1, -0.05) is 15.9 Å². The molecule has 3 nitrogen and oxygen atoms in total. The van der Waals surface area contributed by atoms with E-state index in [-0.39, 0.29) is 11.5 Å². The minimum Gasteiger partial charge on any atom is -0.508 e. The lowest BCUT2D eigenvalue weighted by atomic mass is 10.1. The fourth-order valence-corrected chi connectivity index (χ4v) is 1.55. The van der Waals surface area contributed by atoms with Crippen LogP contribution in [0.3, 0.4) is 0 Å². The van der Waals surface area contributed by atoms with Crippen LogP contribution in [0.1, 0.15) is 22.3 Å². The quantitative estimate of drug-likeness (QED) is 0.815. The number of Topliss-reactive ketones (excluding diaryl/α,β-unsaturated/α-hetero) is 1. The molecule has 0 unspecified atom stereocenters. The summed E-state index contributed by atoms with van der Waals surface area (Å²) in [6, 6.07) is 3.17. The lowest BCUT2D eigenvalue weighted by Crippen LogP contribution is -2.08. The van der Waals surface area contributed by atoms with Crippen LogP contribution < -0.4 is 5.73 Å². The van der Waals surface area contributed by atoms with Gasteiger partial charge in [-0.3, -0.25) is 4.79 Å².